The number of aliphatic hydroxyl groups excluding tert-OH is 1. The zero-order valence-corrected chi connectivity index (χ0v) is 16.2. The summed E-state index contributed by atoms with van der Waals surface area (Å²) < 4.78 is 7.07. The van der Waals surface area contributed by atoms with Crippen LogP contribution in [0.25, 0.3) is 10.1 Å². The van der Waals surface area contributed by atoms with E-state index in [1.165, 1.54) is 15.8 Å². The first-order chi connectivity index (χ1) is 12.3. The van der Waals surface area contributed by atoms with E-state index in [9.17, 15) is 5.11 Å². The lowest BCUT2D eigenvalue weighted by Gasteiger charge is -2.26. The van der Waals surface area contributed by atoms with Gasteiger partial charge in [-0.1, -0.05) is 30.3 Å². The molecule has 5 heteroatoms. The van der Waals surface area contributed by atoms with Gasteiger partial charge in [-0.15, -0.1) is 23.7 Å². The fraction of sp³-hybridized carbons (Fsp3) is 0.333. The van der Waals surface area contributed by atoms with Gasteiger partial charge in [-0.2, -0.15) is 0 Å². The smallest absolute Gasteiger partial charge is 0.128 e. The summed E-state index contributed by atoms with van der Waals surface area (Å²) in [7, 11) is 0. The molecule has 1 aromatic heterocycles. The van der Waals surface area contributed by atoms with Crippen LogP contribution in [0.3, 0.4) is 0 Å². The molecule has 0 bridgehead atoms. The van der Waals surface area contributed by atoms with E-state index in [1.54, 1.807) is 11.3 Å². The molecule has 3 nitrogen and oxygen atoms in total. The van der Waals surface area contributed by atoms with Gasteiger partial charge in [0.1, 0.15) is 18.5 Å². The van der Waals surface area contributed by atoms with Crippen LogP contribution in [-0.4, -0.2) is 30.4 Å². The lowest BCUT2D eigenvalue weighted by Crippen LogP contribution is -2.40. The normalized spacial score (nSPS) is 17.3. The van der Waals surface area contributed by atoms with Gasteiger partial charge in [0.2, 0.25) is 0 Å². The molecular formula is C21H24ClNO2S. The van der Waals surface area contributed by atoms with E-state index >= 15 is 0 Å². The molecule has 0 saturated carbocycles. The van der Waals surface area contributed by atoms with Gasteiger partial charge in [0.25, 0.3) is 0 Å². The van der Waals surface area contributed by atoms with Crippen molar-refractivity contribution in [3.63, 3.8) is 0 Å². The van der Waals surface area contributed by atoms with Crippen LogP contribution in [0.15, 0.2) is 53.9 Å². The lowest BCUT2D eigenvalue weighted by molar-refractivity contribution is 0.104. The minimum Gasteiger partial charge on any atom is -0.490 e. The summed E-state index contributed by atoms with van der Waals surface area (Å²) in [5, 5.41) is 17.0. The minimum absolute atomic E-state index is 0. The van der Waals surface area contributed by atoms with Crippen molar-refractivity contribution in [1.82, 2.24) is 5.32 Å². The average molecular weight is 390 g/mol. The highest BCUT2D eigenvalue weighted by Gasteiger charge is 2.18. The number of ether oxygens (including phenoxy) is 1. The second kappa shape index (κ2) is 8.87. The quantitative estimate of drug-likeness (QED) is 0.663. The average Bonchev–Trinajstić information content (AvgIpc) is 3.14. The van der Waals surface area contributed by atoms with Crippen molar-refractivity contribution in [2.75, 3.05) is 13.2 Å². The first-order valence-electron chi connectivity index (χ1n) is 8.87. The molecule has 1 heterocycles. The molecule has 138 valence electrons. The highest BCUT2D eigenvalue weighted by Crippen LogP contribution is 2.29. The number of rotatable bonds is 6. The van der Waals surface area contributed by atoms with Crippen LogP contribution in [0.2, 0.25) is 0 Å². The monoisotopic (exact) mass is 389 g/mol. The van der Waals surface area contributed by atoms with Gasteiger partial charge in [0.15, 0.2) is 0 Å². The zero-order valence-electron chi connectivity index (χ0n) is 14.6. The van der Waals surface area contributed by atoms with Gasteiger partial charge in [-0.25, -0.2) is 0 Å². The number of benzene rings is 2. The van der Waals surface area contributed by atoms with Gasteiger partial charge < -0.3 is 15.2 Å². The summed E-state index contributed by atoms with van der Waals surface area (Å²) in [6.45, 7) is 0.873. The summed E-state index contributed by atoms with van der Waals surface area (Å²) in [5.74, 6) is 0.851. The number of halogens is 1. The number of thiophene rings is 1. The maximum absolute atomic E-state index is 10.3. The van der Waals surface area contributed by atoms with E-state index in [4.69, 9.17) is 4.74 Å². The molecule has 2 N–H and O–H groups in total. The Balaban J connectivity index is 0.00000196. The molecule has 0 radical (unpaired) electrons. The van der Waals surface area contributed by atoms with Gasteiger partial charge in [0.05, 0.1) is 0 Å². The molecule has 26 heavy (non-hydrogen) atoms. The number of aryl methyl sites for hydroxylation is 1. The number of hydrogen-bond acceptors (Lipinski definition) is 4. The molecule has 0 saturated heterocycles. The number of nitrogens with one attached hydrogen (secondary N) is 1. The molecule has 0 spiro atoms. The van der Waals surface area contributed by atoms with E-state index in [0.717, 1.165) is 30.4 Å². The van der Waals surface area contributed by atoms with Crippen LogP contribution in [0, 0.1) is 0 Å². The van der Waals surface area contributed by atoms with E-state index in [2.05, 4.69) is 47.1 Å². The van der Waals surface area contributed by atoms with Gasteiger partial charge in [-0.05, 0) is 54.0 Å². The Hall–Kier alpha value is -1.59. The van der Waals surface area contributed by atoms with Crippen LogP contribution >= 0.6 is 23.7 Å². The summed E-state index contributed by atoms with van der Waals surface area (Å²) in [6.07, 6.45) is 2.77. The second-order valence-electron chi connectivity index (χ2n) is 6.67. The maximum Gasteiger partial charge on any atom is 0.128 e. The van der Waals surface area contributed by atoms with Crippen molar-refractivity contribution in [2.45, 2.75) is 31.4 Å². The summed E-state index contributed by atoms with van der Waals surface area (Å²) >= 11 is 1.70. The van der Waals surface area contributed by atoms with Crippen LogP contribution in [-0.2, 0) is 12.8 Å². The number of fused-ring (bicyclic) bond motifs is 2. The third-order valence-electron chi connectivity index (χ3n) is 4.88. The van der Waals surface area contributed by atoms with Crippen molar-refractivity contribution in [1.29, 1.82) is 0 Å². The molecular weight excluding hydrogens is 366 g/mol. The van der Waals surface area contributed by atoms with Gasteiger partial charge in [0, 0.05) is 22.7 Å². The zero-order chi connectivity index (χ0) is 17.1. The van der Waals surface area contributed by atoms with E-state index in [0.29, 0.717) is 19.2 Å². The predicted octanol–water partition coefficient (Wildman–Crippen LogP) is 4.21. The molecule has 0 amide bonds. The van der Waals surface area contributed by atoms with Crippen LogP contribution in [0.4, 0.5) is 0 Å². The molecule has 0 fully saturated rings. The van der Waals surface area contributed by atoms with Crippen molar-refractivity contribution in [3.8, 4) is 5.75 Å². The van der Waals surface area contributed by atoms with Crippen molar-refractivity contribution >= 4 is 33.8 Å². The van der Waals surface area contributed by atoms with Crippen LogP contribution < -0.4 is 10.1 Å². The highest BCUT2D eigenvalue weighted by atomic mass is 35.5. The molecule has 1 aliphatic rings. The Bertz CT molecular complexity index is 851. The Morgan fingerprint density at radius 1 is 1.12 bits per heavy atom. The number of hydrogen-bond donors (Lipinski definition) is 2. The minimum atomic E-state index is -0.508. The second-order valence-corrected chi connectivity index (χ2v) is 7.62. The maximum atomic E-state index is 10.3. The largest absolute Gasteiger partial charge is 0.490 e. The Kier molecular flexibility index (Phi) is 6.54. The van der Waals surface area contributed by atoms with Crippen molar-refractivity contribution in [3.05, 3.63) is 65.0 Å². The van der Waals surface area contributed by atoms with E-state index < -0.39 is 6.10 Å². The molecule has 1 aliphatic carbocycles. The molecule has 2 atom stereocenters. The fourth-order valence-electron chi connectivity index (χ4n) is 3.51. The van der Waals surface area contributed by atoms with Crippen LogP contribution in [0.5, 0.6) is 5.75 Å². The molecule has 0 aliphatic heterocycles. The summed E-state index contributed by atoms with van der Waals surface area (Å²) in [4.78, 5) is 0. The van der Waals surface area contributed by atoms with E-state index in [-0.39, 0.29) is 12.4 Å². The van der Waals surface area contributed by atoms with Gasteiger partial charge in [-0.3, -0.25) is 0 Å². The molecule has 4 rings (SSSR count). The van der Waals surface area contributed by atoms with Crippen molar-refractivity contribution < 1.29 is 9.84 Å². The van der Waals surface area contributed by atoms with Crippen molar-refractivity contribution in [2.24, 2.45) is 0 Å². The highest BCUT2D eigenvalue weighted by molar-refractivity contribution is 7.17. The standard InChI is InChI=1S/C21H23NO2S.ClH/c23-18(14-24-20-6-3-7-21-19(20)10-11-25-21)13-22-17-9-8-15-4-1-2-5-16(15)12-17;/h1-7,10-11,17-18,22-23H,8-9,12-14H2;1H. The molecule has 3 aromatic rings. The Morgan fingerprint density at radius 3 is 2.85 bits per heavy atom. The molecule has 2 aromatic carbocycles. The third-order valence-corrected chi connectivity index (χ3v) is 5.76. The summed E-state index contributed by atoms with van der Waals surface area (Å²) in [5.41, 5.74) is 2.90. The van der Waals surface area contributed by atoms with E-state index in [1.807, 2.05) is 12.1 Å². The molecule has 2 unspecified atom stereocenters. The first kappa shape index (κ1) is 19.2. The summed E-state index contributed by atoms with van der Waals surface area (Å²) in [6, 6.07) is 17.2. The SMILES string of the molecule is Cl.OC(CNC1CCc2ccccc2C1)COc1cccc2sccc12. The first-order valence-corrected chi connectivity index (χ1v) is 9.75. The topological polar surface area (TPSA) is 41.5 Å². The Morgan fingerprint density at radius 2 is 1.96 bits per heavy atom. The third kappa shape index (κ3) is 4.38. The van der Waals surface area contributed by atoms with Crippen LogP contribution in [0.1, 0.15) is 17.5 Å². The number of aliphatic hydroxyl groups is 1. The predicted molar refractivity (Wildman–Crippen MR) is 111 cm³/mol. The lowest BCUT2D eigenvalue weighted by atomic mass is 9.88. The Labute approximate surface area is 164 Å². The van der Waals surface area contributed by atoms with Gasteiger partial charge >= 0.3 is 0 Å². The fourth-order valence-corrected chi connectivity index (χ4v) is 4.32.